The van der Waals surface area contributed by atoms with Gasteiger partial charge in [-0.1, -0.05) is 54.0 Å². The number of rotatable bonds is 15. The predicted octanol–water partition coefficient (Wildman–Crippen LogP) is 4.37. The van der Waals surface area contributed by atoms with Crippen LogP contribution in [0.3, 0.4) is 0 Å². The van der Waals surface area contributed by atoms with Gasteiger partial charge >= 0.3 is 23.9 Å². The van der Waals surface area contributed by atoms with Gasteiger partial charge in [0.05, 0.1) is 13.7 Å². The van der Waals surface area contributed by atoms with Crippen molar-refractivity contribution in [2.75, 3.05) is 13.7 Å². The van der Waals surface area contributed by atoms with E-state index < -0.39 is 23.4 Å². The highest BCUT2D eigenvalue weighted by molar-refractivity contribution is 5.81. The standard InChI is InChI=1S/C28H43NO8/c1-8-20(6)15-24(30)35-12-11-28(29,27(33)34-7)17-21-9-10-22(36-25(31)13-18(2)3)23(16-21)37-26(32)14-19(4)5/h9-10,16,18-20H,8,11-15,17,29H2,1-7H3/t20?,28-/m1/s1. The van der Waals surface area contributed by atoms with Gasteiger partial charge in [0, 0.05) is 32.1 Å². The summed E-state index contributed by atoms with van der Waals surface area (Å²) in [6.07, 6.45) is 1.55. The SMILES string of the molecule is CCC(C)CC(=O)OCC[C@@](N)(Cc1ccc(OC(=O)CC(C)C)c(OC(=O)CC(C)C)c1)C(=O)OC. The Hall–Kier alpha value is -2.94. The van der Waals surface area contributed by atoms with Gasteiger partial charge in [-0.15, -0.1) is 0 Å². The zero-order valence-electron chi connectivity index (χ0n) is 23.3. The molecule has 2 atom stereocenters. The average molecular weight is 522 g/mol. The molecule has 0 aliphatic heterocycles. The third-order valence-corrected chi connectivity index (χ3v) is 5.74. The Morgan fingerprint density at radius 2 is 1.43 bits per heavy atom. The lowest BCUT2D eigenvalue weighted by Gasteiger charge is -2.27. The smallest absolute Gasteiger partial charge is 0.326 e. The summed E-state index contributed by atoms with van der Waals surface area (Å²) >= 11 is 0. The number of carbonyl (C=O) groups excluding carboxylic acids is 4. The lowest BCUT2D eigenvalue weighted by Crippen LogP contribution is -2.51. The number of hydrogen-bond acceptors (Lipinski definition) is 9. The van der Waals surface area contributed by atoms with Crippen LogP contribution in [-0.4, -0.2) is 43.1 Å². The van der Waals surface area contributed by atoms with Gasteiger partial charge in [-0.05, 0) is 35.4 Å². The number of benzene rings is 1. The second kappa shape index (κ2) is 15.3. The summed E-state index contributed by atoms with van der Waals surface area (Å²) in [6, 6.07) is 4.67. The second-order valence-corrected chi connectivity index (χ2v) is 10.4. The molecule has 0 heterocycles. The quantitative estimate of drug-likeness (QED) is 0.264. The summed E-state index contributed by atoms with van der Waals surface area (Å²) < 4.78 is 21.2. The van der Waals surface area contributed by atoms with Crippen molar-refractivity contribution < 1.29 is 38.1 Å². The summed E-state index contributed by atoms with van der Waals surface area (Å²) in [5.74, 6) is -1.43. The van der Waals surface area contributed by atoms with Crippen LogP contribution in [0.1, 0.15) is 79.2 Å². The molecule has 0 saturated heterocycles. The molecule has 0 aromatic heterocycles. The zero-order valence-corrected chi connectivity index (χ0v) is 23.3. The van der Waals surface area contributed by atoms with Gasteiger partial charge in [0.15, 0.2) is 11.5 Å². The van der Waals surface area contributed by atoms with Crippen LogP contribution in [0.5, 0.6) is 11.5 Å². The molecule has 0 amide bonds. The van der Waals surface area contributed by atoms with E-state index in [2.05, 4.69) is 0 Å². The molecule has 0 saturated carbocycles. The normalized spacial score (nSPS) is 13.6. The number of carbonyl (C=O) groups is 4. The Bertz CT molecular complexity index is 927. The topological polar surface area (TPSA) is 131 Å². The monoisotopic (exact) mass is 521 g/mol. The largest absolute Gasteiger partial charge is 0.468 e. The van der Waals surface area contributed by atoms with Gasteiger partial charge in [-0.2, -0.15) is 0 Å². The Morgan fingerprint density at radius 3 is 1.95 bits per heavy atom. The third kappa shape index (κ3) is 11.8. The number of hydrogen-bond donors (Lipinski definition) is 1. The van der Waals surface area contributed by atoms with Crippen molar-refractivity contribution in [2.45, 2.75) is 85.6 Å². The van der Waals surface area contributed by atoms with Crippen molar-refractivity contribution >= 4 is 23.9 Å². The molecule has 9 nitrogen and oxygen atoms in total. The van der Waals surface area contributed by atoms with Crippen LogP contribution in [0, 0.1) is 17.8 Å². The van der Waals surface area contributed by atoms with Crippen LogP contribution in [0.25, 0.3) is 0 Å². The second-order valence-electron chi connectivity index (χ2n) is 10.4. The van der Waals surface area contributed by atoms with Gasteiger partial charge in [-0.3, -0.25) is 19.2 Å². The first-order valence-corrected chi connectivity index (χ1v) is 12.9. The maximum Gasteiger partial charge on any atom is 0.326 e. The molecule has 208 valence electrons. The van der Waals surface area contributed by atoms with E-state index in [-0.39, 0.29) is 73.9 Å². The van der Waals surface area contributed by atoms with E-state index in [1.807, 2.05) is 41.5 Å². The third-order valence-electron chi connectivity index (χ3n) is 5.74. The minimum absolute atomic E-state index is 0.0114. The summed E-state index contributed by atoms with van der Waals surface area (Å²) in [5.41, 5.74) is 5.48. The molecular weight excluding hydrogens is 478 g/mol. The fourth-order valence-electron chi connectivity index (χ4n) is 3.49. The molecule has 0 spiro atoms. The molecule has 9 heteroatoms. The minimum atomic E-state index is -1.50. The van der Waals surface area contributed by atoms with E-state index in [0.29, 0.717) is 5.56 Å². The summed E-state index contributed by atoms with van der Waals surface area (Å²) in [5, 5.41) is 0. The van der Waals surface area contributed by atoms with Gasteiger partial charge < -0.3 is 24.7 Å². The average Bonchev–Trinajstić information content (AvgIpc) is 2.78. The molecule has 1 unspecified atom stereocenters. The van der Waals surface area contributed by atoms with Crippen molar-refractivity contribution in [3.63, 3.8) is 0 Å². The van der Waals surface area contributed by atoms with Crippen molar-refractivity contribution in [2.24, 2.45) is 23.5 Å². The first kappa shape index (κ1) is 32.1. The lowest BCUT2D eigenvalue weighted by atomic mass is 9.88. The van der Waals surface area contributed by atoms with Crippen LogP contribution in [0.15, 0.2) is 18.2 Å². The molecule has 0 fully saturated rings. The molecule has 2 N–H and O–H groups in total. The first-order chi connectivity index (χ1) is 17.3. The van der Waals surface area contributed by atoms with Crippen molar-refractivity contribution in [3.8, 4) is 11.5 Å². The predicted molar refractivity (Wildman–Crippen MR) is 139 cm³/mol. The number of nitrogens with two attached hydrogens (primary N) is 1. The van der Waals surface area contributed by atoms with Crippen LogP contribution in [-0.2, 0) is 35.1 Å². The summed E-state index contributed by atoms with van der Waals surface area (Å²) in [4.78, 5) is 49.3. The fourth-order valence-corrected chi connectivity index (χ4v) is 3.49. The number of ether oxygens (including phenoxy) is 4. The van der Waals surface area contributed by atoms with Crippen molar-refractivity contribution in [1.29, 1.82) is 0 Å². The summed E-state index contributed by atoms with van der Waals surface area (Å²) in [7, 11) is 1.23. The van der Waals surface area contributed by atoms with Crippen molar-refractivity contribution in [1.82, 2.24) is 0 Å². The maximum atomic E-state index is 12.6. The molecule has 1 aromatic rings. The Labute approximate surface area is 220 Å². The Morgan fingerprint density at radius 1 is 0.865 bits per heavy atom. The molecule has 37 heavy (non-hydrogen) atoms. The van der Waals surface area contributed by atoms with Crippen LogP contribution < -0.4 is 15.2 Å². The van der Waals surface area contributed by atoms with Crippen LogP contribution >= 0.6 is 0 Å². The lowest BCUT2D eigenvalue weighted by molar-refractivity contribution is -0.151. The molecular formula is C28H43NO8. The van der Waals surface area contributed by atoms with E-state index in [1.165, 1.54) is 19.2 Å². The highest BCUT2D eigenvalue weighted by Crippen LogP contribution is 2.31. The molecule has 0 aliphatic rings. The van der Waals surface area contributed by atoms with Gasteiger partial charge in [-0.25, -0.2) is 0 Å². The molecule has 1 aromatic carbocycles. The summed E-state index contributed by atoms with van der Waals surface area (Å²) in [6.45, 7) is 11.4. The van der Waals surface area contributed by atoms with E-state index in [1.54, 1.807) is 6.07 Å². The van der Waals surface area contributed by atoms with Gasteiger partial charge in [0.25, 0.3) is 0 Å². The molecule has 0 aliphatic carbocycles. The van der Waals surface area contributed by atoms with E-state index in [9.17, 15) is 19.2 Å². The maximum absolute atomic E-state index is 12.6. The Kier molecular flexibility index (Phi) is 13.3. The van der Waals surface area contributed by atoms with Crippen LogP contribution in [0.2, 0.25) is 0 Å². The molecule has 0 bridgehead atoms. The number of esters is 4. The van der Waals surface area contributed by atoms with Gasteiger partial charge in [0.2, 0.25) is 0 Å². The minimum Gasteiger partial charge on any atom is -0.468 e. The zero-order chi connectivity index (χ0) is 28.2. The van der Waals surface area contributed by atoms with Crippen LogP contribution in [0.4, 0.5) is 0 Å². The molecule has 0 radical (unpaired) electrons. The number of methoxy groups -OCH3 is 1. The highest BCUT2D eigenvalue weighted by atomic mass is 16.6. The van der Waals surface area contributed by atoms with Gasteiger partial charge in [0.1, 0.15) is 5.54 Å². The van der Waals surface area contributed by atoms with E-state index in [4.69, 9.17) is 24.7 Å². The fraction of sp³-hybridized carbons (Fsp3) is 0.643. The van der Waals surface area contributed by atoms with Crippen molar-refractivity contribution in [3.05, 3.63) is 23.8 Å². The first-order valence-electron chi connectivity index (χ1n) is 12.9. The highest BCUT2D eigenvalue weighted by Gasteiger charge is 2.36. The molecule has 1 rings (SSSR count). The Balaban J connectivity index is 3.13. The van der Waals surface area contributed by atoms with E-state index >= 15 is 0 Å². The van der Waals surface area contributed by atoms with E-state index in [0.717, 1.165) is 6.42 Å².